The number of amides is 2. The maximum atomic E-state index is 13.3. The summed E-state index contributed by atoms with van der Waals surface area (Å²) in [5.74, 6) is -0.788. The zero-order valence-electron chi connectivity index (χ0n) is 15.9. The summed E-state index contributed by atoms with van der Waals surface area (Å²) in [5.41, 5.74) is 1.43. The van der Waals surface area contributed by atoms with E-state index in [0.29, 0.717) is 15.6 Å². The number of halogens is 3. The summed E-state index contributed by atoms with van der Waals surface area (Å²) in [5, 5.41) is 4.20. The minimum Gasteiger partial charge on any atom is -0.351 e. The van der Waals surface area contributed by atoms with Crippen LogP contribution in [0.15, 0.2) is 48.5 Å². The fourth-order valence-corrected chi connectivity index (χ4v) is 4.15. The summed E-state index contributed by atoms with van der Waals surface area (Å²) in [7, 11) is 0. The molecule has 0 bridgehead atoms. The molecule has 0 heterocycles. The van der Waals surface area contributed by atoms with Crippen LogP contribution in [-0.2, 0) is 16.1 Å². The molecule has 1 atom stereocenters. The van der Waals surface area contributed by atoms with Gasteiger partial charge in [0.2, 0.25) is 11.8 Å². The molecule has 2 aromatic rings. The number of hydrogen-bond donors (Lipinski definition) is 1. The van der Waals surface area contributed by atoms with Gasteiger partial charge < -0.3 is 10.2 Å². The minimum absolute atomic E-state index is 0.130. The Hall–Kier alpha value is -1.75. The van der Waals surface area contributed by atoms with Crippen molar-refractivity contribution in [3.8, 4) is 0 Å². The molecule has 1 aliphatic rings. The molecule has 0 spiro atoms. The summed E-state index contributed by atoms with van der Waals surface area (Å²) >= 11 is 18.3. The van der Waals surface area contributed by atoms with E-state index in [0.717, 1.165) is 31.2 Å². The Morgan fingerprint density at radius 3 is 2.31 bits per heavy atom. The Balaban J connectivity index is 1.96. The molecule has 29 heavy (non-hydrogen) atoms. The molecule has 3 rings (SSSR count). The van der Waals surface area contributed by atoms with Gasteiger partial charge in [-0.25, -0.2) is 0 Å². The number of benzene rings is 2. The lowest BCUT2D eigenvalue weighted by molar-refractivity contribution is -0.140. The van der Waals surface area contributed by atoms with E-state index in [2.05, 4.69) is 5.32 Å². The highest BCUT2D eigenvalue weighted by molar-refractivity contribution is 6.31. The molecule has 1 aliphatic carbocycles. The Morgan fingerprint density at radius 2 is 1.69 bits per heavy atom. The maximum absolute atomic E-state index is 13.3. The van der Waals surface area contributed by atoms with Crippen LogP contribution in [0.1, 0.15) is 42.9 Å². The first kappa shape index (κ1) is 21.9. The molecule has 0 aliphatic heterocycles. The second kappa shape index (κ2) is 10.3. The smallest absolute Gasteiger partial charge is 0.247 e. The zero-order chi connectivity index (χ0) is 20.8. The maximum Gasteiger partial charge on any atom is 0.247 e. The topological polar surface area (TPSA) is 49.4 Å². The largest absolute Gasteiger partial charge is 0.351 e. The SMILES string of the molecule is O=C(NC1CCCC1)[C@@H](c1ccc(Cl)cc1)N(Cc1ccccc1Cl)C(=O)CCl. The molecule has 2 amide bonds. The number of carbonyl (C=O) groups excluding carboxylic acids is 2. The van der Waals surface area contributed by atoms with E-state index in [9.17, 15) is 9.59 Å². The molecule has 1 fully saturated rings. The number of alkyl halides is 1. The summed E-state index contributed by atoms with van der Waals surface area (Å²) < 4.78 is 0. The first-order valence-corrected chi connectivity index (χ1v) is 10.9. The van der Waals surface area contributed by atoms with Gasteiger partial charge in [0.05, 0.1) is 0 Å². The van der Waals surface area contributed by atoms with Crippen LogP contribution < -0.4 is 5.32 Å². The molecule has 1 N–H and O–H groups in total. The fraction of sp³-hybridized carbons (Fsp3) is 0.364. The van der Waals surface area contributed by atoms with E-state index >= 15 is 0 Å². The molecule has 0 unspecified atom stereocenters. The normalized spacial score (nSPS) is 15.1. The van der Waals surface area contributed by atoms with Crippen molar-refractivity contribution in [2.45, 2.75) is 44.3 Å². The minimum atomic E-state index is -0.824. The van der Waals surface area contributed by atoms with Gasteiger partial charge in [0, 0.05) is 22.6 Å². The van der Waals surface area contributed by atoms with E-state index in [1.165, 1.54) is 4.90 Å². The number of nitrogens with zero attached hydrogens (tertiary/aromatic N) is 1. The number of rotatable bonds is 7. The lowest BCUT2D eigenvalue weighted by Gasteiger charge is -2.32. The van der Waals surface area contributed by atoms with Gasteiger partial charge in [-0.1, -0.05) is 66.4 Å². The molecule has 154 valence electrons. The zero-order valence-corrected chi connectivity index (χ0v) is 18.2. The number of carbonyl (C=O) groups is 2. The Bertz CT molecular complexity index is 851. The van der Waals surface area contributed by atoms with Gasteiger partial charge in [0.1, 0.15) is 11.9 Å². The van der Waals surface area contributed by atoms with Crippen LogP contribution in [-0.4, -0.2) is 28.6 Å². The summed E-state index contributed by atoms with van der Waals surface area (Å²) in [6, 6.07) is 13.5. The van der Waals surface area contributed by atoms with Crippen LogP contribution in [0.5, 0.6) is 0 Å². The first-order valence-electron chi connectivity index (χ1n) is 9.64. The van der Waals surface area contributed by atoms with Gasteiger partial charge in [-0.15, -0.1) is 11.6 Å². The van der Waals surface area contributed by atoms with Gasteiger partial charge in [-0.3, -0.25) is 9.59 Å². The van der Waals surface area contributed by atoms with Crippen molar-refractivity contribution < 1.29 is 9.59 Å². The third-order valence-corrected chi connectivity index (χ3v) is 6.03. The summed E-state index contributed by atoms with van der Waals surface area (Å²) in [6.45, 7) is 0.177. The lowest BCUT2D eigenvalue weighted by atomic mass is 10.0. The van der Waals surface area contributed by atoms with Gasteiger partial charge >= 0.3 is 0 Å². The Morgan fingerprint density at radius 1 is 1.03 bits per heavy atom. The molecule has 0 aromatic heterocycles. The molecular formula is C22H23Cl3N2O2. The molecular weight excluding hydrogens is 431 g/mol. The molecule has 0 radical (unpaired) electrons. The highest BCUT2D eigenvalue weighted by Gasteiger charge is 2.33. The predicted molar refractivity (Wildman–Crippen MR) is 117 cm³/mol. The van der Waals surface area contributed by atoms with Gasteiger partial charge in [0.15, 0.2) is 0 Å². The van der Waals surface area contributed by atoms with Crippen LogP contribution in [0.4, 0.5) is 0 Å². The molecule has 7 heteroatoms. The van der Waals surface area contributed by atoms with Crippen molar-refractivity contribution >= 4 is 46.6 Å². The van der Waals surface area contributed by atoms with Crippen molar-refractivity contribution in [3.05, 3.63) is 69.7 Å². The van der Waals surface area contributed by atoms with Gasteiger partial charge in [0.25, 0.3) is 0 Å². The molecule has 0 saturated heterocycles. The third-order valence-electron chi connectivity index (χ3n) is 5.18. The highest BCUT2D eigenvalue weighted by Crippen LogP contribution is 2.28. The van der Waals surface area contributed by atoms with Crippen LogP contribution in [0.25, 0.3) is 0 Å². The average molecular weight is 454 g/mol. The average Bonchev–Trinajstić information content (AvgIpc) is 3.22. The molecule has 2 aromatic carbocycles. The summed E-state index contributed by atoms with van der Waals surface area (Å²) in [4.78, 5) is 27.6. The van der Waals surface area contributed by atoms with Crippen LogP contribution in [0.3, 0.4) is 0 Å². The van der Waals surface area contributed by atoms with Crippen LogP contribution >= 0.6 is 34.8 Å². The third kappa shape index (κ3) is 5.65. The standard InChI is InChI=1S/C22H23Cl3N2O2/c23-13-20(28)27(14-16-5-1-4-8-19(16)25)21(15-9-11-17(24)12-10-15)22(29)26-18-6-2-3-7-18/h1,4-5,8-12,18,21H,2-3,6-7,13-14H2,(H,26,29)/t21-/m1/s1. The van der Waals surface area contributed by atoms with E-state index < -0.39 is 6.04 Å². The van der Waals surface area contributed by atoms with E-state index in [1.54, 1.807) is 30.3 Å². The fourth-order valence-electron chi connectivity index (χ4n) is 3.68. The second-order valence-corrected chi connectivity index (χ2v) is 8.30. The number of nitrogens with one attached hydrogen (secondary N) is 1. The first-order chi connectivity index (χ1) is 14.0. The van der Waals surface area contributed by atoms with E-state index in [4.69, 9.17) is 34.8 Å². The second-order valence-electron chi connectivity index (χ2n) is 7.19. The Kier molecular flexibility index (Phi) is 7.82. The van der Waals surface area contributed by atoms with E-state index in [-0.39, 0.29) is 30.3 Å². The van der Waals surface area contributed by atoms with E-state index in [1.807, 2.05) is 18.2 Å². The monoisotopic (exact) mass is 452 g/mol. The Labute approximate surface area is 186 Å². The number of hydrogen-bond acceptors (Lipinski definition) is 2. The predicted octanol–water partition coefficient (Wildman–Crippen LogP) is 5.36. The van der Waals surface area contributed by atoms with Crippen molar-refractivity contribution in [3.63, 3.8) is 0 Å². The van der Waals surface area contributed by atoms with Gasteiger partial charge in [-0.05, 0) is 42.2 Å². The molecule has 4 nitrogen and oxygen atoms in total. The van der Waals surface area contributed by atoms with Crippen molar-refractivity contribution in [1.82, 2.24) is 10.2 Å². The summed E-state index contributed by atoms with van der Waals surface area (Å²) in [6.07, 6.45) is 4.10. The lowest BCUT2D eigenvalue weighted by Crippen LogP contribution is -2.46. The van der Waals surface area contributed by atoms with Crippen molar-refractivity contribution in [2.24, 2.45) is 0 Å². The van der Waals surface area contributed by atoms with Crippen molar-refractivity contribution in [2.75, 3.05) is 5.88 Å². The quantitative estimate of drug-likeness (QED) is 0.574. The highest BCUT2D eigenvalue weighted by atomic mass is 35.5. The molecule has 1 saturated carbocycles. The van der Waals surface area contributed by atoms with Crippen LogP contribution in [0, 0.1) is 0 Å². The van der Waals surface area contributed by atoms with Crippen molar-refractivity contribution in [1.29, 1.82) is 0 Å². The van der Waals surface area contributed by atoms with Gasteiger partial charge in [-0.2, -0.15) is 0 Å². The van der Waals surface area contributed by atoms with Crippen LogP contribution in [0.2, 0.25) is 10.0 Å².